The molecule has 2 aromatic carbocycles. The fourth-order valence-corrected chi connectivity index (χ4v) is 3.59. The highest BCUT2D eigenvalue weighted by Gasteiger charge is 2.51. The zero-order valence-electron chi connectivity index (χ0n) is 15.0. The first-order valence-corrected chi connectivity index (χ1v) is 8.56. The third-order valence-electron chi connectivity index (χ3n) is 4.63. The molecule has 2 aromatic heterocycles. The summed E-state index contributed by atoms with van der Waals surface area (Å²) in [5.41, 5.74) is -8.34. The Balaban J connectivity index is 2.43. The molecule has 0 unspecified atom stereocenters. The maximum absolute atomic E-state index is 14.0. The predicted molar refractivity (Wildman–Crippen MR) is 93.6 cm³/mol. The van der Waals surface area contributed by atoms with Crippen LogP contribution in [0.5, 0.6) is 0 Å². The number of hydrogen-bond acceptors (Lipinski definition) is 1. The number of hydrogen-bond donors (Lipinski definition) is 0. The van der Waals surface area contributed by atoms with Crippen molar-refractivity contribution in [3.05, 3.63) is 71.5 Å². The lowest BCUT2D eigenvalue weighted by atomic mass is 10.0. The number of halogens is 9. The highest BCUT2D eigenvalue weighted by Crippen LogP contribution is 2.51. The summed E-state index contributed by atoms with van der Waals surface area (Å²) in [6.07, 6.45) is -16.8. The fraction of sp³-hybridized carbons (Fsp3) is 0.150. The van der Waals surface area contributed by atoms with E-state index in [1.54, 1.807) is 0 Å². The van der Waals surface area contributed by atoms with Crippen molar-refractivity contribution in [1.29, 1.82) is 0 Å². The summed E-state index contributed by atoms with van der Waals surface area (Å²) in [6.45, 7) is 0. The molecule has 0 aliphatic rings. The second-order valence-corrected chi connectivity index (χ2v) is 6.59. The van der Waals surface area contributed by atoms with Crippen LogP contribution in [0.3, 0.4) is 0 Å². The summed E-state index contributed by atoms with van der Waals surface area (Å²) in [7, 11) is 0. The van der Waals surface area contributed by atoms with Crippen molar-refractivity contribution < 1.29 is 39.5 Å². The predicted octanol–water partition coefficient (Wildman–Crippen LogP) is 7.24. The molecule has 2 nitrogen and oxygen atoms in total. The number of alkyl halides is 9. The summed E-state index contributed by atoms with van der Waals surface area (Å²) in [5, 5.41) is -1.93. The molecular formula is C20H9F9N2. The van der Waals surface area contributed by atoms with E-state index < -0.39 is 46.4 Å². The fourth-order valence-electron chi connectivity index (χ4n) is 3.59. The Hall–Kier alpha value is -3.24. The Kier molecular flexibility index (Phi) is 4.49. The molecule has 31 heavy (non-hydrogen) atoms. The van der Waals surface area contributed by atoms with Crippen molar-refractivity contribution >= 4 is 21.8 Å². The van der Waals surface area contributed by atoms with Crippen molar-refractivity contribution in [2.45, 2.75) is 18.5 Å². The maximum atomic E-state index is 14.0. The van der Waals surface area contributed by atoms with Crippen molar-refractivity contribution in [2.75, 3.05) is 0 Å². The molecule has 0 amide bonds. The molecule has 0 bridgehead atoms. The molecule has 2 heterocycles. The Bertz CT molecular complexity index is 1280. The minimum atomic E-state index is -5.74. The van der Waals surface area contributed by atoms with Gasteiger partial charge in [-0.1, -0.05) is 36.4 Å². The molecule has 0 spiro atoms. The first kappa shape index (κ1) is 21.0. The molecular weight excluding hydrogens is 439 g/mol. The third-order valence-corrected chi connectivity index (χ3v) is 4.63. The summed E-state index contributed by atoms with van der Waals surface area (Å²) in [5.74, 6) is 0. The van der Waals surface area contributed by atoms with Crippen LogP contribution in [-0.2, 0) is 18.5 Å². The molecule has 4 rings (SSSR count). The van der Waals surface area contributed by atoms with Gasteiger partial charge in [0, 0.05) is 16.5 Å². The Morgan fingerprint density at radius 3 is 1.77 bits per heavy atom. The summed E-state index contributed by atoms with van der Waals surface area (Å²) in [4.78, 5) is 3.27. The number of pyridine rings is 1. The van der Waals surface area contributed by atoms with Crippen LogP contribution in [0.25, 0.3) is 27.5 Å². The lowest BCUT2D eigenvalue weighted by Crippen LogP contribution is -2.19. The minimum Gasteiger partial charge on any atom is -0.304 e. The zero-order chi connectivity index (χ0) is 22.8. The second kappa shape index (κ2) is 6.63. The number of rotatable bonds is 1. The average molecular weight is 448 g/mol. The first-order valence-electron chi connectivity index (χ1n) is 8.56. The van der Waals surface area contributed by atoms with Crippen LogP contribution in [-0.4, -0.2) is 9.55 Å². The molecule has 0 saturated carbocycles. The van der Waals surface area contributed by atoms with E-state index >= 15 is 0 Å². The van der Waals surface area contributed by atoms with Crippen LogP contribution in [0.15, 0.2) is 54.6 Å². The molecule has 0 aliphatic heterocycles. The molecule has 0 fully saturated rings. The van der Waals surface area contributed by atoms with E-state index in [2.05, 4.69) is 4.98 Å². The van der Waals surface area contributed by atoms with Gasteiger partial charge >= 0.3 is 18.5 Å². The smallest absolute Gasteiger partial charge is 0.304 e. The largest absolute Gasteiger partial charge is 0.434 e. The van der Waals surface area contributed by atoms with E-state index in [1.807, 2.05) is 0 Å². The number of benzene rings is 2. The molecule has 0 saturated heterocycles. The van der Waals surface area contributed by atoms with Crippen LogP contribution in [0.2, 0.25) is 0 Å². The van der Waals surface area contributed by atoms with Gasteiger partial charge in [0.15, 0.2) is 5.69 Å². The molecule has 4 aromatic rings. The van der Waals surface area contributed by atoms with Crippen LogP contribution >= 0.6 is 0 Å². The van der Waals surface area contributed by atoms with Crippen molar-refractivity contribution in [3.8, 4) is 5.69 Å². The van der Waals surface area contributed by atoms with Gasteiger partial charge in [-0.2, -0.15) is 39.5 Å². The standard InChI is InChI=1S/C20H9F9N2/c21-18(22,23)14-13-15(11-8-4-5-9-12(11)30-16(13)19(24,25)26)31(17(14)20(27,28)29)10-6-2-1-3-7-10/h1-9H. The van der Waals surface area contributed by atoms with Gasteiger partial charge in [-0.15, -0.1) is 0 Å². The van der Waals surface area contributed by atoms with Gasteiger partial charge in [0.2, 0.25) is 0 Å². The Morgan fingerprint density at radius 1 is 0.645 bits per heavy atom. The normalized spacial score (nSPS) is 13.3. The molecule has 0 atom stereocenters. The van der Waals surface area contributed by atoms with Crippen molar-refractivity contribution in [2.24, 2.45) is 0 Å². The van der Waals surface area contributed by atoms with Gasteiger partial charge in [-0.05, 0) is 18.2 Å². The summed E-state index contributed by atoms with van der Waals surface area (Å²) in [6, 6.07) is 10.9. The van der Waals surface area contributed by atoms with Gasteiger partial charge in [-0.3, -0.25) is 0 Å². The van der Waals surface area contributed by atoms with E-state index in [0.717, 1.165) is 24.3 Å². The van der Waals surface area contributed by atoms with Gasteiger partial charge in [-0.25, -0.2) is 4.98 Å². The summed E-state index contributed by atoms with van der Waals surface area (Å²) < 4.78 is 125. The number of fused-ring (bicyclic) bond motifs is 3. The lowest BCUT2D eigenvalue weighted by Gasteiger charge is -2.16. The molecule has 162 valence electrons. The minimum absolute atomic E-state index is 0.178. The van der Waals surface area contributed by atoms with Crippen LogP contribution in [0, 0.1) is 0 Å². The Labute approximate surface area is 167 Å². The van der Waals surface area contributed by atoms with Crippen molar-refractivity contribution in [3.63, 3.8) is 0 Å². The quantitative estimate of drug-likeness (QED) is 0.281. The summed E-state index contributed by atoms with van der Waals surface area (Å²) >= 11 is 0. The number of aromatic nitrogens is 2. The zero-order valence-corrected chi connectivity index (χ0v) is 15.0. The van der Waals surface area contributed by atoms with E-state index in [0.29, 0.717) is 0 Å². The van der Waals surface area contributed by atoms with Gasteiger partial charge in [0.25, 0.3) is 0 Å². The molecule has 11 heteroatoms. The van der Waals surface area contributed by atoms with E-state index in [9.17, 15) is 39.5 Å². The number of para-hydroxylation sites is 2. The van der Waals surface area contributed by atoms with Crippen LogP contribution < -0.4 is 0 Å². The average Bonchev–Trinajstić information content (AvgIpc) is 3.04. The monoisotopic (exact) mass is 448 g/mol. The molecule has 0 aliphatic carbocycles. The van der Waals surface area contributed by atoms with Gasteiger partial charge in [0.1, 0.15) is 5.69 Å². The van der Waals surface area contributed by atoms with Crippen LogP contribution in [0.4, 0.5) is 39.5 Å². The topological polar surface area (TPSA) is 17.8 Å². The third kappa shape index (κ3) is 3.37. The van der Waals surface area contributed by atoms with Crippen molar-refractivity contribution in [1.82, 2.24) is 9.55 Å². The van der Waals surface area contributed by atoms with E-state index in [-0.39, 0.29) is 21.2 Å². The SMILES string of the molecule is FC(F)(F)c1nc2ccccc2c2c1c(C(F)(F)F)c(C(F)(F)F)n2-c1ccccc1. The van der Waals surface area contributed by atoms with E-state index in [4.69, 9.17) is 0 Å². The van der Waals surface area contributed by atoms with E-state index in [1.165, 1.54) is 30.3 Å². The lowest BCUT2D eigenvalue weighted by molar-refractivity contribution is -0.164. The van der Waals surface area contributed by atoms with Crippen LogP contribution in [0.1, 0.15) is 17.0 Å². The van der Waals surface area contributed by atoms with Gasteiger partial charge in [0.05, 0.1) is 16.6 Å². The molecule has 0 radical (unpaired) electrons. The highest BCUT2D eigenvalue weighted by molar-refractivity contribution is 6.08. The Morgan fingerprint density at radius 2 is 1.23 bits per heavy atom. The number of nitrogens with zero attached hydrogens (tertiary/aromatic N) is 2. The maximum Gasteiger partial charge on any atom is 0.434 e. The second-order valence-electron chi connectivity index (χ2n) is 6.59. The van der Waals surface area contributed by atoms with Gasteiger partial charge < -0.3 is 4.57 Å². The highest BCUT2D eigenvalue weighted by atomic mass is 19.4. The first-order chi connectivity index (χ1) is 14.3. The molecule has 0 N–H and O–H groups in total.